The number of benzene rings is 1. The van der Waals surface area contributed by atoms with Crippen LogP contribution in [0.5, 0.6) is 5.75 Å². The Morgan fingerprint density at radius 3 is 2.26 bits per heavy atom. The first-order valence-electron chi connectivity index (χ1n) is 18.3. The molecule has 1 spiro atoms. The zero-order valence-electron chi connectivity index (χ0n) is 30.4. The van der Waals surface area contributed by atoms with Crippen molar-refractivity contribution >= 4 is 34.1 Å². The van der Waals surface area contributed by atoms with Crippen LogP contribution >= 0.6 is 11.6 Å². The molecule has 4 aliphatic rings. The van der Waals surface area contributed by atoms with Crippen molar-refractivity contribution < 1.29 is 43.0 Å². The number of anilines is 2. The summed E-state index contributed by atoms with van der Waals surface area (Å²) < 4.78 is 47.7. The van der Waals surface area contributed by atoms with E-state index >= 15 is 0 Å². The van der Waals surface area contributed by atoms with Crippen molar-refractivity contribution in [1.29, 1.82) is 0 Å². The predicted octanol–water partition coefficient (Wildman–Crippen LogP) is 3.07. The van der Waals surface area contributed by atoms with Crippen LogP contribution in [0.2, 0.25) is 5.28 Å². The van der Waals surface area contributed by atoms with Gasteiger partial charge in [-0.3, -0.25) is 0 Å². The van der Waals surface area contributed by atoms with Crippen molar-refractivity contribution in [2.75, 3.05) is 102 Å². The number of ether oxygens (including phenoxy) is 8. The molecule has 7 rings (SSSR count). The lowest BCUT2D eigenvalue weighted by Gasteiger charge is -2.55. The van der Waals surface area contributed by atoms with Crippen LogP contribution in [0.25, 0.3) is 11.0 Å². The number of hydrogen-bond donors (Lipinski definition) is 1. The van der Waals surface area contributed by atoms with Crippen molar-refractivity contribution in [2.24, 2.45) is 5.41 Å². The Morgan fingerprint density at radius 1 is 0.906 bits per heavy atom. The molecule has 4 saturated heterocycles. The molecule has 4 aliphatic heterocycles. The molecule has 0 bridgehead atoms. The molecule has 0 amide bonds. The highest BCUT2D eigenvalue weighted by Gasteiger charge is 2.56. The molecular formula is C37H49ClN6O9. The molecule has 0 saturated carbocycles. The summed E-state index contributed by atoms with van der Waals surface area (Å²) in [6.07, 6.45) is 7.08. The van der Waals surface area contributed by atoms with Crippen LogP contribution in [0.1, 0.15) is 32.9 Å². The van der Waals surface area contributed by atoms with Gasteiger partial charge in [-0.25, -0.2) is 4.68 Å². The average Bonchev–Trinajstić information content (AvgIpc) is 3.80. The maximum Gasteiger partial charge on any atom is 0.226 e. The Labute approximate surface area is 314 Å². The van der Waals surface area contributed by atoms with Crippen molar-refractivity contribution in [2.45, 2.75) is 57.0 Å². The normalized spacial score (nSPS) is 24.4. The van der Waals surface area contributed by atoms with Gasteiger partial charge in [0.2, 0.25) is 5.28 Å². The lowest BCUT2D eigenvalue weighted by Crippen LogP contribution is -2.63. The number of nitrogens with zero attached hydrogens (tertiary/aromatic N) is 6. The van der Waals surface area contributed by atoms with Crippen LogP contribution in [0, 0.1) is 17.8 Å². The second-order valence-corrected chi connectivity index (χ2v) is 14.6. The number of hydrogen-bond acceptors (Lipinski definition) is 14. The first kappa shape index (κ1) is 38.0. The lowest BCUT2D eigenvalue weighted by atomic mass is 9.73. The smallest absolute Gasteiger partial charge is 0.226 e. The monoisotopic (exact) mass is 756 g/mol. The standard InChI is InChI=1S/C37H49ClN6O9/c1-4-12-46-13-14-47-15-16-48-17-18-49-19-20-50-27-8-6-26(7-9-27)42-11-5-10-37(23-42)24-43(25-37)32-28-21-39-44(33(28)41-35(38)40-32)34-31-30(29(22-45)51-34)52-36(2,3)53-31/h1,6-9,21,29-31,34,45H,5,10-20,22-25H2,2-3H3/t29-,30-,31-,34-/m1/s1. The summed E-state index contributed by atoms with van der Waals surface area (Å²) in [6, 6.07) is 8.29. The van der Waals surface area contributed by atoms with Gasteiger partial charge < -0.3 is 52.8 Å². The highest BCUT2D eigenvalue weighted by Crippen LogP contribution is 2.46. The molecule has 53 heavy (non-hydrogen) atoms. The van der Waals surface area contributed by atoms with Crippen LogP contribution in [0.4, 0.5) is 11.5 Å². The Hall–Kier alpha value is -3.30. The summed E-state index contributed by atoms with van der Waals surface area (Å²) in [7, 11) is 0. The average molecular weight is 757 g/mol. The molecular weight excluding hydrogens is 708 g/mol. The Morgan fingerprint density at radius 2 is 1.57 bits per heavy atom. The molecule has 6 heterocycles. The molecule has 3 aromatic rings. The maximum atomic E-state index is 9.97. The number of halogens is 1. The zero-order chi connectivity index (χ0) is 36.8. The van der Waals surface area contributed by atoms with Gasteiger partial charge in [-0.2, -0.15) is 15.1 Å². The molecule has 15 nitrogen and oxygen atoms in total. The molecule has 2 aromatic heterocycles. The summed E-state index contributed by atoms with van der Waals surface area (Å²) in [5.74, 6) is 3.18. The molecule has 0 aliphatic carbocycles. The van der Waals surface area contributed by atoms with E-state index < -0.39 is 30.3 Å². The van der Waals surface area contributed by atoms with E-state index in [-0.39, 0.29) is 17.3 Å². The summed E-state index contributed by atoms with van der Waals surface area (Å²) >= 11 is 6.52. The minimum Gasteiger partial charge on any atom is -0.491 e. The number of aromatic nitrogens is 4. The molecule has 4 fully saturated rings. The van der Waals surface area contributed by atoms with Gasteiger partial charge in [0.1, 0.15) is 43.1 Å². The number of aliphatic hydroxyl groups excluding tert-OH is 1. The fourth-order valence-corrected chi connectivity index (χ4v) is 7.84. The fraction of sp³-hybridized carbons (Fsp3) is 0.649. The molecule has 0 radical (unpaired) electrons. The summed E-state index contributed by atoms with van der Waals surface area (Å²) in [4.78, 5) is 13.9. The number of aliphatic hydroxyl groups is 1. The molecule has 1 N–H and O–H groups in total. The van der Waals surface area contributed by atoms with E-state index in [0.717, 1.165) is 56.0 Å². The third kappa shape index (κ3) is 8.83. The van der Waals surface area contributed by atoms with Gasteiger partial charge in [0.15, 0.2) is 17.7 Å². The van der Waals surface area contributed by atoms with Gasteiger partial charge in [0, 0.05) is 37.3 Å². The Kier molecular flexibility index (Phi) is 12.2. The number of fused-ring (bicyclic) bond motifs is 2. The molecule has 0 unspecified atom stereocenters. The Balaban J connectivity index is 0.865. The summed E-state index contributed by atoms with van der Waals surface area (Å²) in [6.45, 7) is 11.4. The maximum absolute atomic E-state index is 9.97. The summed E-state index contributed by atoms with van der Waals surface area (Å²) in [5.41, 5.74) is 1.87. The second-order valence-electron chi connectivity index (χ2n) is 14.3. The first-order valence-corrected chi connectivity index (χ1v) is 18.7. The van der Waals surface area contributed by atoms with Crippen molar-refractivity contribution in [3.8, 4) is 18.1 Å². The largest absolute Gasteiger partial charge is 0.491 e. The SMILES string of the molecule is C#CCOCCOCCOCCOCCOc1ccc(N2CCCC3(C2)CN(c2nc(Cl)nc4c2cnn4[C@@H]2O[C@H](CO)[C@H]4OC(C)(C)O[C@H]42)C3)cc1. The van der Waals surface area contributed by atoms with Gasteiger partial charge in [0.25, 0.3) is 0 Å². The fourth-order valence-electron chi connectivity index (χ4n) is 7.68. The first-order chi connectivity index (χ1) is 25.8. The quantitative estimate of drug-likeness (QED) is 0.115. The third-order valence-corrected chi connectivity index (χ3v) is 10.1. The van der Waals surface area contributed by atoms with E-state index in [1.54, 1.807) is 10.9 Å². The van der Waals surface area contributed by atoms with Crippen LogP contribution < -0.4 is 14.5 Å². The predicted molar refractivity (Wildman–Crippen MR) is 195 cm³/mol. The van der Waals surface area contributed by atoms with Gasteiger partial charge in [-0.05, 0) is 62.6 Å². The Bertz CT molecular complexity index is 1700. The molecule has 288 valence electrons. The van der Waals surface area contributed by atoms with E-state index in [0.29, 0.717) is 65.1 Å². The van der Waals surface area contributed by atoms with Crippen LogP contribution in [0.15, 0.2) is 30.5 Å². The van der Waals surface area contributed by atoms with Crippen molar-refractivity contribution in [3.05, 3.63) is 35.7 Å². The number of piperidine rings is 1. The van der Waals surface area contributed by atoms with Gasteiger partial charge >= 0.3 is 0 Å². The molecule has 16 heteroatoms. The van der Waals surface area contributed by atoms with Gasteiger partial charge in [0.05, 0.1) is 64.4 Å². The second kappa shape index (κ2) is 17.0. The summed E-state index contributed by atoms with van der Waals surface area (Å²) in [5, 5.41) is 15.6. The van der Waals surface area contributed by atoms with Crippen molar-refractivity contribution in [1.82, 2.24) is 19.7 Å². The van der Waals surface area contributed by atoms with Crippen LogP contribution in [-0.2, 0) is 33.2 Å². The minimum atomic E-state index is -0.801. The van der Waals surface area contributed by atoms with E-state index in [2.05, 4.69) is 42.9 Å². The highest BCUT2D eigenvalue weighted by molar-refractivity contribution is 6.28. The minimum absolute atomic E-state index is 0.134. The van der Waals surface area contributed by atoms with Gasteiger partial charge in [-0.15, -0.1) is 6.42 Å². The van der Waals surface area contributed by atoms with E-state index in [4.69, 9.17) is 55.9 Å². The zero-order valence-corrected chi connectivity index (χ0v) is 31.1. The van der Waals surface area contributed by atoms with Crippen LogP contribution in [0.3, 0.4) is 0 Å². The number of rotatable bonds is 18. The molecule has 1 aromatic carbocycles. The van der Waals surface area contributed by atoms with Crippen LogP contribution in [-0.4, -0.2) is 141 Å². The molecule has 4 atom stereocenters. The van der Waals surface area contributed by atoms with E-state index in [1.165, 1.54) is 5.69 Å². The van der Waals surface area contributed by atoms with Crippen molar-refractivity contribution in [3.63, 3.8) is 0 Å². The third-order valence-electron chi connectivity index (χ3n) is 9.97. The lowest BCUT2D eigenvalue weighted by molar-refractivity contribution is -0.201. The topological polar surface area (TPSA) is 144 Å². The van der Waals surface area contributed by atoms with E-state index in [1.807, 2.05) is 26.0 Å². The van der Waals surface area contributed by atoms with E-state index in [9.17, 15) is 5.11 Å². The van der Waals surface area contributed by atoms with Gasteiger partial charge in [-0.1, -0.05) is 5.92 Å². The number of terminal acetylenes is 1. The highest BCUT2D eigenvalue weighted by atomic mass is 35.5.